The van der Waals surface area contributed by atoms with E-state index in [1.54, 1.807) is 23.6 Å². The number of aryl methyl sites for hydroxylation is 1. The molecule has 1 aromatic carbocycles. The standard InChI is InChI=1S/C17H26N4O2/c1-13-12-16(4-5-17(13)18)21-10-8-19(14(2)22)6-7-20(9-11-21)15(3)23/h4-5,12H,6-11,18H2,1-3H3. The molecule has 1 heterocycles. The lowest BCUT2D eigenvalue weighted by molar-refractivity contribution is -0.132. The molecule has 1 aliphatic rings. The van der Waals surface area contributed by atoms with E-state index in [1.807, 2.05) is 19.1 Å². The van der Waals surface area contributed by atoms with Crippen LogP contribution in [0.4, 0.5) is 11.4 Å². The molecule has 2 rings (SSSR count). The molecule has 1 aromatic rings. The molecule has 2 amide bonds. The van der Waals surface area contributed by atoms with Gasteiger partial charge < -0.3 is 20.4 Å². The predicted octanol–water partition coefficient (Wildman–Crippen LogP) is 1.09. The molecule has 2 N–H and O–H groups in total. The molecule has 0 bridgehead atoms. The molecule has 6 nitrogen and oxygen atoms in total. The van der Waals surface area contributed by atoms with E-state index >= 15 is 0 Å². The summed E-state index contributed by atoms with van der Waals surface area (Å²) < 4.78 is 0. The van der Waals surface area contributed by atoms with Crippen LogP contribution in [-0.2, 0) is 9.59 Å². The van der Waals surface area contributed by atoms with Gasteiger partial charge in [0.1, 0.15) is 0 Å². The summed E-state index contributed by atoms with van der Waals surface area (Å²) in [5.74, 6) is 0.0904. The number of nitrogen functional groups attached to an aromatic ring is 1. The van der Waals surface area contributed by atoms with Gasteiger partial charge in [0, 0.05) is 64.5 Å². The Balaban J connectivity index is 2.22. The highest BCUT2D eigenvalue weighted by Crippen LogP contribution is 2.21. The average Bonchev–Trinajstić information content (AvgIpc) is 2.60. The number of rotatable bonds is 1. The molecule has 0 unspecified atom stereocenters. The number of amides is 2. The minimum atomic E-state index is 0.0452. The zero-order valence-corrected chi connectivity index (χ0v) is 14.2. The fourth-order valence-electron chi connectivity index (χ4n) is 2.80. The van der Waals surface area contributed by atoms with Crippen molar-refractivity contribution in [2.24, 2.45) is 0 Å². The van der Waals surface area contributed by atoms with Crippen molar-refractivity contribution < 1.29 is 9.59 Å². The van der Waals surface area contributed by atoms with Crippen molar-refractivity contribution in [3.63, 3.8) is 0 Å². The highest BCUT2D eigenvalue weighted by molar-refractivity contribution is 5.74. The molecule has 1 aliphatic heterocycles. The Morgan fingerprint density at radius 3 is 1.83 bits per heavy atom. The molecule has 1 fully saturated rings. The van der Waals surface area contributed by atoms with Crippen molar-refractivity contribution in [3.05, 3.63) is 23.8 Å². The van der Waals surface area contributed by atoms with Gasteiger partial charge in [0.25, 0.3) is 0 Å². The maximum Gasteiger partial charge on any atom is 0.219 e. The summed E-state index contributed by atoms with van der Waals surface area (Å²) in [7, 11) is 0. The van der Waals surface area contributed by atoms with Crippen LogP contribution in [0.25, 0.3) is 0 Å². The van der Waals surface area contributed by atoms with Crippen LogP contribution in [0.2, 0.25) is 0 Å². The van der Waals surface area contributed by atoms with E-state index < -0.39 is 0 Å². The molecule has 23 heavy (non-hydrogen) atoms. The highest BCUT2D eigenvalue weighted by Gasteiger charge is 2.19. The van der Waals surface area contributed by atoms with Gasteiger partial charge in [-0.05, 0) is 30.7 Å². The number of nitrogens with two attached hydrogens (primary N) is 1. The van der Waals surface area contributed by atoms with Crippen LogP contribution in [0.15, 0.2) is 18.2 Å². The minimum Gasteiger partial charge on any atom is -0.399 e. The second-order valence-corrected chi connectivity index (χ2v) is 6.04. The van der Waals surface area contributed by atoms with Gasteiger partial charge in [-0.1, -0.05) is 0 Å². The number of benzene rings is 1. The number of carbonyl (C=O) groups excluding carboxylic acids is 2. The van der Waals surface area contributed by atoms with Gasteiger partial charge in [-0.15, -0.1) is 0 Å². The fraction of sp³-hybridized carbons (Fsp3) is 0.529. The van der Waals surface area contributed by atoms with E-state index in [9.17, 15) is 9.59 Å². The predicted molar refractivity (Wildman–Crippen MR) is 92.3 cm³/mol. The molecule has 0 aromatic heterocycles. The van der Waals surface area contributed by atoms with Crippen LogP contribution in [0, 0.1) is 6.92 Å². The number of carbonyl (C=O) groups is 2. The number of hydrogen-bond donors (Lipinski definition) is 1. The van der Waals surface area contributed by atoms with Crippen molar-refractivity contribution in [1.82, 2.24) is 9.80 Å². The molecule has 126 valence electrons. The Morgan fingerprint density at radius 2 is 1.39 bits per heavy atom. The normalized spacial score (nSPS) is 16.6. The zero-order chi connectivity index (χ0) is 17.0. The van der Waals surface area contributed by atoms with Gasteiger partial charge >= 0.3 is 0 Å². The molecule has 0 radical (unpaired) electrons. The van der Waals surface area contributed by atoms with Crippen LogP contribution >= 0.6 is 0 Å². The number of hydrogen-bond acceptors (Lipinski definition) is 4. The Kier molecular flexibility index (Phi) is 5.47. The topological polar surface area (TPSA) is 69.9 Å². The van der Waals surface area contributed by atoms with Gasteiger partial charge in [0.15, 0.2) is 0 Å². The lowest BCUT2D eigenvalue weighted by atomic mass is 10.1. The third-order valence-corrected chi connectivity index (χ3v) is 4.43. The fourth-order valence-corrected chi connectivity index (χ4v) is 2.80. The van der Waals surface area contributed by atoms with E-state index in [0.717, 1.165) is 30.0 Å². The van der Waals surface area contributed by atoms with Gasteiger partial charge in [0.2, 0.25) is 11.8 Å². The summed E-state index contributed by atoms with van der Waals surface area (Å²) >= 11 is 0. The Hall–Kier alpha value is -2.24. The van der Waals surface area contributed by atoms with Gasteiger partial charge in [-0.25, -0.2) is 0 Å². The molecule has 0 saturated carbocycles. The van der Waals surface area contributed by atoms with Crippen LogP contribution < -0.4 is 10.6 Å². The van der Waals surface area contributed by atoms with Crippen LogP contribution in [0.5, 0.6) is 0 Å². The lowest BCUT2D eigenvalue weighted by Crippen LogP contribution is -2.40. The second kappa shape index (κ2) is 7.35. The van der Waals surface area contributed by atoms with Crippen molar-refractivity contribution in [2.75, 3.05) is 49.9 Å². The first-order chi connectivity index (χ1) is 10.9. The lowest BCUT2D eigenvalue weighted by Gasteiger charge is -2.28. The summed E-state index contributed by atoms with van der Waals surface area (Å²) in [5.41, 5.74) is 8.78. The van der Waals surface area contributed by atoms with Crippen LogP contribution in [0.1, 0.15) is 19.4 Å². The molecule has 0 atom stereocenters. The quantitative estimate of drug-likeness (QED) is 0.787. The first-order valence-electron chi connectivity index (χ1n) is 8.00. The monoisotopic (exact) mass is 318 g/mol. The molecule has 1 saturated heterocycles. The van der Waals surface area contributed by atoms with Crippen molar-refractivity contribution in [2.45, 2.75) is 20.8 Å². The summed E-state index contributed by atoms with van der Waals surface area (Å²) in [6.45, 7) is 9.12. The number of nitrogens with zero attached hydrogens (tertiary/aromatic N) is 3. The van der Waals surface area contributed by atoms with Gasteiger partial charge in [0.05, 0.1) is 0 Å². The summed E-state index contributed by atoms with van der Waals surface area (Å²) in [5, 5.41) is 0. The highest BCUT2D eigenvalue weighted by atomic mass is 16.2. The molecule has 0 spiro atoms. The smallest absolute Gasteiger partial charge is 0.219 e. The van der Waals surface area contributed by atoms with E-state index in [0.29, 0.717) is 26.2 Å². The van der Waals surface area contributed by atoms with E-state index in [-0.39, 0.29) is 11.8 Å². The van der Waals surface area contributed by atoms with E-state index in [4.69, 9.17) is 5.73 Å². The third kappa shape index (κ3) is 4.37. The molecular formula is C17H26N4O2. The molecule has 6 heteroatoms. The first-order valence-corrected chi connectivity index (χ1v) is 8.00. The second-order valence-electron chi connectivity index (χ2n) is 6.04. The SMILES string of the molecule is CC(=O)N1CCN(C(C)=O)CCN(c2ccc(N)c(C)c2)CC1. The molecule has 0 aliphatic carbocycles. The van der Waals surface area contributed by atoms with E-state index in [1.165, 1.54) is 0 Å². The maximum absolute atomic E-state index is 11.8. The average molecular weight is 318 g/mol. The molecular weight excluding hydrogens is 292 g/mol. The summed E-state index contributed by atoms with van der Waals surface area (Å²) in [6.07, 6.45) is 0. The van der Waals surface area contributed by atoms with Gasteiger partial charge in [-0.2, -0.15) is 0 Å². The minimum absolute atomic E-state index is 0.0452. The Morgan fingerprint density at radius 1 is 0.913 bits per heavy atom. The van der Waals surface area contributed by atoms with Crippen LogP contribution in [0.3, 0.4) is 0 Å². The summed E-state index contributed by atoms with van der Waals surface area (Å²) in [4.78, 5) is 29.4. The van der Waals surface area contributed by atoms with Crippen molar-refractivity contribution >= 4 is 23.2 Å². The first kappa shape index (κ1) is 17.1. The maximum atomic E-state index is 11.8. The summed E-state index contributed by atoms with van der Waals surface area (Å²) in [6, 6.07) is 5.96. The Bertz CT molecular complexity index is 562. The van der Waals surface area contributed by atoms with Gasteiger partial charge in [-0.3, -0.25) is 9.59 Å². The van der Waals surface area contributed by atoms with Crippen LogP contribution in [-0.4, -0.2) is 60.9 Å². The Labute approximate surface area is 137 Å². The third-order valence-electron chi connectivity index (χ3n) is 4.43. The number of anilines is 2. The van der Waals surface area contributed by atoms with Crippen molar-refractivity contribution in [1.29, 1.82) is 0 Å². The largest absolute Gasteiger partial charge is 0.399 e. The van der Waals surface area contributed by atoms with Crippen molar-refractivity contribution in [3.8, 4) is 0 Å². The van der Waals surface area contributed by atoms with E-state index in [2.05, 4.69) is 11.0 Å². The zero-order valence-electron chi connectivity index (χ0n) is 14.2.